The molecule has 0 aliphatic heterocycles. The molecule has 1 aliphatic carbocycles. The fraction of sp³-hybridized carbons (Fsp3) is 0.667. The molecule has 0 saturated heterocycles. The van der Waals surface area contributed by atoms with Gasteiger partial charge in [0.05, 0.1) is 0 Å². The lowest BCUT2D eigenvalue weighted by atomic mass is 10.2. The van der Waals surface area contributed by atoms with E-state index in [1.807, 2.05) is 6.20 Å². The van der Waals surface area contributed by atoms with Crippen molar-refractivity contribution in [1.29, 1.82) is 0 Å². The van der Waals surface area contributed by atoms with Gasteiger partial charge in [-0.15, -0.1) is 0 Å². The summed E-state index contributed by atoms with van der Waals surface area (Å²) < 4.78 is 0. The molecule has 0 bridgehead atoms. The van der Waals surface area contributed by atoms with Crippen LogP contribution >= 0.6 is 0 Å². The van der Waals surface area contributed by atoms with Gasteiger partial charge in [-0.1, -0.05) is 6.92 Å². The van der Waals surface area contributed by atoms with Gasteiger partial charge in [0.25, 0.3) is 0 Å². The van der Waals surface area contributed by atoms with E-state index in [9.17, 15) is 0 Å². The third-order valence-electron chi connectivity index (χ3n) is 3.45. The van der Waals surface area contributed by atoms with Crippen molar-refractivity contribution in [3.8, 4) is 0 Å². The normalized spacial score (nSPS) is 14.8. The highest BCUT2D eigenvalue weighted by Crippen LogP contribution is 2.30. The fourth-order valence-electron chi connectivity index (χ4n) is 2.15. The van der Waals surface area contributed by atoms with E-state index in [0.29, 0.717) is 0 Å². The Bertz CT molecular complexity index is 361. The van der Waals surface area contributed by atoms with E-state index >= 15 is 0 Å². The zero-order valence-electron chi connectivity index (χ0n) is 11.7. The van der Waals surface area contributed by atoms with E-state index in [-0.39, 0.29) is 0 Å². The van der Waals surface area contributed by atoms with Gasteiger partial charge in [-0.25, -0.2) is 4.98 Å². The Hall–Kier alpha value is -1.09. The molecule has 3 heteroatoms. The quantitative estimate of drug-likeness (QED) is 0.716. The van der Waals surface area contributed by atoms with Crippen LogP contribution < -0.4 is 10.2 Å². The molecule has 2 rings (SSSR count). The number of anilines is 1. The van der Waals surface area contributed by atoms with Crippen LogP contribution in [0.5, 0.6) is 0 Å². The lowest BCUT2D eigenvalue weighted by Crippen LogP contribution is -2.26. The number of pyridine rings is 1. The highest BCUT2D eigenvalue weighted by molar-refractivity contribution is 5.41. The average Bonchev–Trinajstić information content (AvgIpc) is 3.21. The minimum absolute atomic E-state index is 0.911. The highest BCUT2D eigenvalue weighted by Gasteiger charge is 2.24. The summed E-state index contributed by atoms with van der Waals surface area (Å²) in [6, 6.07) is 4.34. The highest BCUT2D eigenvalue weighted by atomic mass is 15.2. The first-order valence-corrected chi connectivity index (χ1v) is 7.24. The molecule has 0 aromatic carbocycles. The van der Waals surface area contributed by atoms with Crippen molar-refractivity contribution in [2.24, 2.45) is 5.92 Å². The van der Waals surface area contributed by atoms with Crippen LogP contribution in [0.15, 0.2) is 18.3 Å². The van der Waals surface area contributed by atoms with Gasteiger partial charge in [0.2, 0.25) is 0 Å². The molecule has 1 heterocycles. The topological polar surface area (TPSA) is 28.2 Å². The van der Waals surface area contributed by atoms with Crippen LogP contribution in [-0.4, -0.2) is 24.6 Å². The molecule has 0 radical (unpaired) electrons. The Morgan fingerprint density at radius 1 is 1.39 bits per heavy atom. The summed E-state index contributed by atoms with van der Waals surface area (Å²) in [5, 5.41) is 3.44. The Balaban J connectivity index is 1.95. The molecule has 0 amide bonds. The van der Waals surface area contributed by atoms with Crippen LogP contribution in [0.25, 0.3) is 0 Å². The van der Waals surface area contributed by atoms with E-state index in [0.717, 1.165) is 31.4 Å². The molecule has 18 heavy (non-hydrogen) atoms. The Kier molecular flexibility index (Phi) is 5.00. The van der Waals surface area contributed by atoms with Crippen molar-refractivity contribution in [2.75, 3.05) is 24.5 Å². The van der Waals surface area contributed by atoms with Crippen LogP contribution in [0.4, 0.5) is 5.82 Å². The molecule has 3 nitrogen and oxygen atoms in total. The first kappa shape index (κ1) is 13.3. The molecule has 1 aliphatic rings. The minimum atomic E-state index is 0.911. The van der Waals surface area contributed by atoms with Crippen LogP contribution in [0.3, 0.4) is 0 Å². The molecule has 0 atom stereocenters. The van der Waals surface area contributed by atoms with E-state index in [4.69, 9.17) is 0 Å². The Morgan fingerprint density at radius 2 is 2.22 bits per heavy atom. The van der Waals surface area contributed by atoms with E-state index in [2.05, 4.69) is 41.2 Å². The zero-order chi connectivity index (χ0) is 12.8. The van der Waals surface area contributed by atoms with Gasteiger partial charge in [0, 0.05) is 25.8 Å². The number of hydrogen-bond donors (Lipinski definition) is 1. The maximum Gasteiger partial charge on any atom is 0.128 e. The van der Waals surface area contributed by atoms with Crippen molar-refractivity contribution in [1.82, 2.24) is 10.3 Å². The summed E-state index contributed by atoms with van der Waals surface area (Å²) in [6.45, 7) is 8.66. The Labute approximate surface area is 111 Å². The maximum atomic E-state index is 4.52. The van der Waals surface area contributed by atoms with E-state index in [1.165, 1.54) is 31.4 Å². The molecule has 1 N–H and O–H groups in total. The molecule has 1 aromatic heterocycles. The number of nitrogens with zero attached hydrogens (tertiary/aromatic N) is 2. The van der Waals surface area contributed by atoms with Gasteiger partial charge < -0.3 is 10.2 Å². The second kappa shape index (κ2) is 6.74. The summed E-state index contributed by atoms with van der Waals surface area (Å²) in [7, 11) is 0. The van der Waals surface area contributed by atoms with Gasteiger partial charge in [-0.2, -0.15) is 0 Å². The second-order valence-corrected chi connectivity index (χ2v) is 5.18. The second-order valence-electron chi connectivity index (χ2n) is 5.18. The maximum absolute atomic E-state index is 4.52. The molecule has 1 saturated carbocycles. The minimum Gasteiger partial charge on any atom is -0.357 e. The van der Waals surface area contributed by atoms with Gasteiger partial charge in [0.1, 0.15) is 5.82 Å². The fourth-order valence-corrected chi connectivity index (χ4v) is 2.15. The zero-order valence-corrected chi connectivity index (χ0v) is 11.7. The smallest absolute Gasteiger partial charge is 0.128 e. The van der Waals surface area contributed by atoms with Crippen LogP contribution in [0.2, 0.25) is 0 Å². The number of aromatic nitrogens is 1. The summed E-state index contributed by atoms with van der Waals surface area (Å²) in [6.07, 6.45) is 5.91. The molecule has 1 aromatic rings. The van der Waals surface area contributed by atoms with Gasteiger partial charge >= 0.3 is 0 Å². The average molecular weight is 247 g/mol. The largest absolute Gasteiger partial charge is 0.357 e. The third-order valence-corrected chi connectivity index (χ3v) is 3.45. The van der Waals surface area contributed by atoms with E-state index < -0.39 is 0 Å². The molecule has 1 fully saturated rings. The predicted octanol–water partition coefficient (Wildman–Crippen LogP) is 2.82. The lowest BCUT2D eigenvalue weighted by molar-refractivity contribution is 0.673. The van der Waals surface area contributed by atoms with E-state index in [1.54, 1.807) is 0 Å². The summed E-state index contributed by atoms with van der Waals surface area (Å²) in [5.74, 6) is 2.05. The monoisotopic (exact) mass is 247 g/mol. The SMILES string of the molecule is CCCNCc1ccnc(N(CC)CC2CC2)c1. The summed E-state index contributed by atoms with van der Waals surface area (Å²) in [4.78, 5) is 6.92. The van der Waals surface area contributed by atoms with Crippen LogP contribution in [0.1, 0.15) is 38.7 Å². The summed E-state index contributed by atoms with van der Waals surface area (Å²) in [5.41, 5.74) is 1.34. The first-order valence-electron chi connectivity index (χ1n) is 7.24. The lowest BCUT2D eigenvalue weighted by Gasteiger charge is -2.22. The van der Waals surface area contributed by atoms with Gasteiger partial charge in [-0.3, -0.25) is 0 Å². The number of hydrogen-bond acceptors (Lipinski definition) is 3. The molecule has 100 valence electrons. The van der Waals surface area contributed by atoms with Crippen molar-refractivity contribution in [3.63, 3.8) is 0 Å². The molecule has 0 unspecified atom stereocenters. The molecule has 0 spiro atoms. The summed E-state index contributed by atoms with van der Waals surface area (Å²) >= 11 is 0. The number of nitrogens with one attached hydrogen (secondary N) is 1. The first-order chi connectivity index (χ1) is 8.83. The van der Waals surface area contributed by atoms with Crippen molar-refractivity contribution < 1.29 is 0 Å². The van der Waals surface area contributed by atoms with Crippen molar-refractivity contribution >= 4 is 5.82 Å². The van der Waals surface area contributed by atoms with Crippen LogP contribution in [-0.2, 0) is 6.54 Å². The third kappa shape index (κ3) is 3.98. The standard InChI is InChI=1S/C15H25N3/c1-3-8-16-11-14-7-9-17-15(10-14)18(4-2)12-13-5-6-13/h7,9-10,13,16H,3-6,8,11-12H2,1-2H3. The molecular weight excluding hydrogens is 222 g/mol. The van der Waals surface area contributed by atoms with Gasteiger partial charge in [0.15, 0.2) is 0 Å². The van der Waals surface area contributed by atoms with Gasteiger partial charge in [-0.05, 0) is 56.3 Å². The van der Waals surface area contributed by atoms with Crippen LogP contribution in [0, 0.1) is 5.92 Å². The predicted molar refractivity (Wildman–Crippen MR) is 76.8 cm³/mol. The Morgan fingerprint density at radius 3 is 2.89 bits per heavy atom. The molecular formula is C15H25N3. The number of rotatable bonds is 8. The van der Waals surface area contributed by atoms with Crippen molar-refractivity contribution in [3.05, 3.63) is 23.9 Å². The van der Waals surface area contributed by atoms with Crippen molar-refractivity contribution in [2.45, 2.75) is 39.7 Å².